The summed E-state index contributed by atoms with van der Waals surface area (Å²) in [5.74, 6) is -0.926. The molecule has 2 atom stereocenters. The second-order valence-electron chi connectivity index (χ2n) is 8.91. The molecule has 1 heterocycles. The number of amides is 3. The van der Waals surface area contributed by atoms with Crippen molar-refractivity contribution in [1.29, 1.82) is 0 Å². The molecule has 2 unspecified atom stereocenters. The van der Waals surface area contributed by atoms with E-state index in [4.69, 9.17) is 14.2 Å². The number of imide groups is 1. The van der Waals surface area contributed by atoms with Crippen LogP contribution in [0.25, 0.3) is 0 Å². The standard InChI is InChI=1S/C22H40N2O7/c1-16(2)30-12-8-22(4,5)31-15-18(25)14-29-11-6-9-23-19(26)7-10-24-20(27)13-17(3)21(24)28/h16-18,25H,6-15H2,1-5H3,(H,23,26). The number of ether oxygens (including phenoxy) is 3. The quantitative estimate of drug-likeness (QED) is 0.272. The van der Waals surface area contributed by atoms with Gasteiger partial charge in [-0.15, -0.1) is 0 Å². The van der Waals surface area contributed by atoms with Crippen molar-refractivity contribution >= 4 is 17.7 Å². The van der Waals surface area contributed by atoms with Gasteiger partial charge in [0.05, 0.1) is 24.9 Å². The Hall–Kier alpha value is -1.55. The maximum absolute atomic E-state index is 11.9. The summed E-state index contributed by atoms with van der Waals surface area (Å²) in [5.41, 5.74) is -0.386. The fourth-order valence-electron chi connectivity index (χ4n) is 2.99. The van der Waals surface area contributed by atoms with Crippen molar-refractivity contribution in [3.63, 3.8) is 0 Å². The van der Waals surface area contributed by atoms with E-state index in [1.165, 1.54) is 0 Å². The van der Waals surface area contributed by atoms with Gasteiger partial charge in [0.25, 0.3) is 0 Å². The minimum absolute atomic E-state index is 0.0963. The lowest BCUT2D eigenvalue weighted by Gasteiger charge is -2.27. The summed E-state index contributed by atoms with van der Waals surface area (Å²) in [4.78, 5) is 36.5. The van der Waals surface area contributed by atoms with Gasteiger partial charge in [-0.2, -0.15) is 0 Å². The van der Waals surface area contributed by atoms with E-state index in [0.29, 0.717) is 26.2 Å². The van der Waals surface area contributed by atoms with Crippen molar-refractivity contribution in [2.75, 3.05) is 39.5 Å². The van der Waals surface area contributed by atoms with Gasteiger partial charge < -0.3 is 24.6 Å². The lowest BCUT2D eigenvalue weighted by Crippen LogP contribution is -2.35. The Labute approximate surface area is 185 Å². The molecule has 0 radical (unpaired) electrons. The fourth-order valence-corrected chi connectivity index (χ4v) is 2.99. The van der Waals surface area contributed by atoms with Crippen LogP contribution in [0.15, 0.2) is 0 Å². The van der Waals surface area contributed by atoms with E-state index in [9.17, 15) is 19.5 Å². The third-order valence-electron chi connectivity index (χ3n) is 4.95. The molecular weight excluding hydrogens is 404 g/mol. The second kappa shape index (κ2) is 13.8. The predicted octanol–water partition coefficient (Wildman–Crippen LogP) is 1.27. The molecule has 0 aromatic carbocycles. The third-order valence-corrected chi connectivity index (χ3v) is 4.95. The Kier molecular flexibility index (Phi) is 12.2. The van der Waals surface area contributed by atoms with Crippen molar-refractivity contribution in [2.45, 2.75) is 78.1 Å². The molecule has 3 amide bonds. The molecule has 1 aliphatic rings. The molecular formula is C22H40N2O7. The normalized spacial score (nSPS) is 18.2. The van der Waals surface area contributed by atoms with Crippen LogP contribution < -0.4 is 5.32 Å². The number of carbonyl (C=O) groups is 3. The Morgan fingerprint density at radius 2 is 1.97 bits per heavy atom. The van der Waals surface area contributed by atoms with E-state index in [-0.39, 0.29) is 67.9 Å². The van der Waals surface area contributed by atoms with Gasteiger partial charge in [0, 0.05) is 45.1 Å². The Morgan fingerprint density at radius 1 is 1.26 bits per heavy atom. The summed E-state index contributed by atoms with van der Waals surface area (Å²) in [6.07, 6.45) is 1.10. The van der Waals surface area contributed by atoms with Crippen molar-refractivity contribution in [3.8, 4) is 0 Å². The van der Waals surface area contributed by atoms with Gasteiger partial charge in [-0.05, 0) is 40.5 Å². The number of carbonyl (C=O) groups excluding carboxylic acids is 3. The van der Waals surface area contributed by atoms with Gasteiger partial charge in [0.2, 0.25) is 17.7 Å². The van der Waals surface area contributed by atoms with Crippen LogP contribution in [0, 0.1) is 5.92 Å². The van der Waals surface area contributed by atoms with Crippen LogP contribution in [0.2, 0.25) is 0 Å². The van der Waals surface area contributed by atoms with Crippen molar-refractivity contribution in [1.82, 2.24) is 10.2 Å². The highest BCUT2D eigenvalue weighted by atomic mass is 16.5. The van der Waals surface area contributed by atoms with Crippen molar-refractivity contribution < 1.29 is 33.7 Å². The van der Waals surface area contributed by atoms with E-state index in [1.54, 1.807) is 6.92 Å². The minimum Gasteiger partial charge on any atom is -0.388 e. The zero-order valence-electron chi connectivity index (χ0n) is 19.6. The molecule has 0 aromatic heterocycles. The average molecular weight is 445 g/mol. The van der Waals surface area contributed by atoms with Crippen LogP contribution in [0.3, 0.4) is 0 Å². The van der Waals surface area contributed by atoms with Crippen molar-refractivity contribution in [2.24, 2.45) is 5.92 Å². The minimum atomic E-state index is -0.724. The molecule has 0 aliphatic carbocycles. The lowest BCUT2D eigenvalue weighted by atomic mass is 10.1. The predicted molar refractivity (Wildman–Crippen MR) is 115 cm³/mol. The van der Waals surface area contributed by atoms with Crippen LogP contribution in [0.5, 0.6) is 0 Å². The summed E-state index contributed by atoms with van der Waals surface area (Å²) >= 11 is 0. The number of aliphatic hydroxyl groups is 1. The summed E-state index contributed by atoms with van der Waals surface area (Å²) in [7, 11) is 0. The maximum Gasteiger partial charge on any atom is 0.232 e. The van der Waals surface area contributed by atoms with E-state index in [0.717, 1.165) is 11.3 Å². The fraction of sp³-hybridized carbons (Fsp3) is 0.864. The maximum atomic E-state index is 11.9. The zero-order chi connectivity index (χ0) is 23.4. The number of nitrogens with zero attached hydrogens (tertiary/aromatic N) is 1. The summed E-state index contributed by atoms with van der Waals surface area (Å²) in [6, 6.07) is 0. The van der Waals surface area contributed by atoms with Gasteiger partial charge >= 0.3 is 0 Å². The van der Waals surface area contributed by atoms with E-state index >= 15 is 0 Å². The van der Waals surface area contributed by atoms with Gasteiger partial charge in [-0.3, -0.25) is 19.3 Å². The number of hydrogen-bond acceptors (Lipinski definition) is 7. The molecule has 9 heteroatoms. The summed E-state index contributed by atoms with van der Waals surface area (Å²) in [6.45, 7) is 11.5. The monoisotopic (exact) mass is 444 g/mol. The van der Waals surface area contributed by atoms with Crippen LogP contribution in [0.4, 0.5) is 0 Å². The molecule has 31 heavy (non-hydrogen) atoms. The first kappa shape index (κ1) is 27.5. The first-order valence-electron chi connectivity index (χ1n) is 11.1. The summed E-state index contributed by atoms with van der Waals surface area (Å²) < 4.78 is 16.7. The van der Waals surface area contributed by atoms with E-state index in [2.05, 4.69) is 5.32 Å². The third kappa shape index (κ3) is 11.6. The molecule has 1 aliphatic heterocycles. The SMILES string of the molecule is CC(C)OCCC(C)(C)OCC(O)COCCCNC(=O)CCN1C(=O)CC(C)C1=O. The topological polar surface area (TPSA) is 114 Å². The smallest absolute Gasteiger partial charge is 0.232 e. The Balaban J connectivity index is 2.04. The van der Waals surface area contributed by atoms with Gasteiger partial charge in [0.1, 0.15) is 6.10 Å². The highest BCUT2D eigenvalue weighted by Crippen LogP contribution is 2.18. The number of aliphatic hydroxyl groups excluding tert-OH is 1. The Bertz CT molecular complexity index is 580. The van der Waals surface area contributed by atoms with Crippen LogP contribution in [0.1, 0.15) is 60.3 Å². The van der Waals surface area contributed by atoms with Crippen LogP contribution in [-0.2, 0) is 28.6 Å². The molecule has 0 spiro atoms. The van der Waals surface area contributed by atoms with E-state index < -0.39 is 6.10 Å². The van der Waals surface area contributed by atoms with Crippen LogP contribution in [-0.4, -0.2) is 85.1 Å². The highest BCUT2D eigenvalue weighted by molar-refractivity contribution is 6.03. The first-order chi connectivity index (χ1) is 14.5. The number of nitrogens with one attached hydrogen (secondary N) is 1. The first-order valence-corrected chi connectivity index (χ1v) is 11.1. The van der Waals surface area contributed by atoms with Gasteiger partial charge in [0.15, 0.2) is 0 Å². The molecule has 2 N–H and O–H groups in total. The molecule has 0 saturated carbocycles. The van der Waals surface area contributed by atoms with E-state index in [1.807, 2.05) is 27.7 Å². The highest BCUT2D eigenvalue weighted by Gasteiger charge is 2.35. The zero-order valence-corrected chi connectivity index (χ0v) is 19.6. The van der Waals surface area contributed by atoms with Gasteiger partial charge in [-0.25, -0.2) is 0 Å². The molecule has 0 bridgehead atoms. The molecule has 1 fully saturated rings. The average Bonchev–Trinajstić information content (AvgIpc) is 2.92. The van der Waals surface area contributed by atoms with Gasteiger partial charge in [-0.1, -0.05) is 6.92 Å². The lowest BCUT2D eigenvalue weighted by molar-refractivity contribution is -0.139. The van der Waals surface area contributed by atoms with Crippen molar-refractivity contribution in [3.05, 3.63) is 0 Å². The number of hydrogen-bond donors (Lipinski definition) is 2. The number of rotatable bonds is 16. The Morgan fingerprint density at radius 3 is 2.58 bits per heavy atom. The molecule has 1 saturated heterocycles. The largest absolute Gasteiger partial charge is 0.388 e. The molecule has 0 aromatic rings. The molecule has 1 rings (SSSR count). The molecule has 180 valence electrons. The molecule has 9 nitrogen and oxygen atoms in total. The summed E-state index contributed by atoms with van der Waals surface area (Å²) in [5, 5.41) is 12.7. The second-order valence-corrected chi connectivity index (χ2v) is 8.91. The van der Waals surface area contributed by atoms with Crippen LogP contribution >= 0.6 is 0 Å². The number of likely N-dealkylation sites (tertiary alicyclic amines) is 1.